The van der Waals surface area contributed by atoms with Crippen LogP contribution in [-0.4, -0.2) is 46.9 Å². The average Bonchev–Trinajstić information content (AvgIpc) is 3.48. The van der Waals surface area contributed by atoms with Crippen molar-refractivity contribution in [2.45, 2.75) is 38.3 Å². The van der Waals surface area contributed by atoms with Crippen molar-refractivity contribution in [1.29, 1.82) is 0 Å². The Morgan fingerprint density at radius 1 is 1.00 bits per heavy atom. The Balaban J connectivity index is 2.08. The van der Waals surface area contributed by atoms with Gasteiger partial charge < -0.3 is 9.47 Å². The van der Waals surface area contributed by atoms with E-state index < -0.39 is 35.0 Å². The predicted octanol–water partition coefficient (Wildman–Crippen LogP) is 4.64. The largest absolute Gasteiger partial charge is 0.467 e. The number of rotatable bonds is 5. The van der Waals surface area contributed by atoms with Crippen LogP contribution in [0, 0.1) is 5.92 Å². The Bertz CT molecular complexity index is 1060. The zero-order chi connectivity index (χ0) is 23.7. The summed E-state index contributed by atoms with van der Waals surface area (Å²) in [6.07, 6.45) is -1.07. The molecule has 1 fully saturated rings. The van der Waals surface area contributed by atoms with Crippen molar-refractivity contribution in [2.24, 2.45) is 5.92 Å². The van der Waals surface area contributed by atoms with Gasteiger partial charge in [0.25, 0.3) is 5.91 Å². The number of nitrogens with zero attached hydrogens (tertiary/aromatic N) is 1. The summed E-state index contributed by atoms with van der Waals surface area (Å²) in [4.78, 5) is 53.6. The second-order valence-electron chi connectivity index (χ2n) is 8.53. The molecular weight excluding hydrogens is 478 g/mol. The van der Waals surface area contributed by atoms with Crippen LogP contribution in [0.1, 0.15) is 47.9 Å². The molecule has 0 saturated heterocycles. The van der Waals surface area contributed by atoms with Crippen LogP contribution in [0.4, 0.5) is 4.79 Å². The van der Waals surface area contributed by atoms with Gasteiger partial charge in [-0.3, -0.25) is 9.59 Å². The second-order valence-corrected chi connectivity index (χ2v) is 9.45. The molecule has 2 unspecified atom stereocenters. The number of hydrogen-bond donors (Lipinski definition) is 0. The van der Waals surface area contributed by atoms with Gasteiger partial charge in [0.15, 0.2) is 11.3 Å². The summed E-state index contributed by atoms with van der Waals surface area (Å²) >= 11 is 3.33. The molecule has 0 aromatic heterocycles. The third-order valence-electron chi connectivity index (χ3n) is 5.10. The summed E-state index contributed by atoms with van der Waals surface area (Å²) in [7, 11) is 1.16. The molecule has 0 aliphatic heterocycles. The van der Waals surface area contributed by atoms with Gasteiger partial charge in [0.05, 0.1) is 13.0 Å². The second kappa shape index (κ2) is 8.86. The summed E-state index contributed by atoms with van der Waals surface area (Å²) in [5, 5.41) is 0. The molecule has 168 valence electrons. The van der Waals surface area contributed by atoms with E-state index in [1.807, 2.05) is 0 Å². The van der Waals surface area contributed by atoms with Crippen molar-refractivity contribution in [3.05, 3.63) is 70.2 Å². The predicted molar refractivity (Wildman–Crippen MR) is 120 cm³/mol. The normalized spacial score (nSPS) is 19.6. The van der Waals surface area contributed by atoms with E-state index in [1.165, 1.54) is 12.1 Å². The van der Waals surface area contributed by atoms with Crippen LogP contribution in [0.2, 0.25) is 0 Å². The van der Waals surface area contributed by atoms with Crippen LogP contribution in [0.3, 0.4) is 0 Å². The van der Waals surface area contributed by atoms with E-state index >= 15 is 0 Å². The maximum Gasteiger partial charge on any atom is 0.418 e. The van der Waals surface area contributed by atoms with E-state index in [0.29, 0.717) is 10.0 Å². The van der Waals surface area contributed by atoms with Crippen molar-refractivity contribution in [3.8, 4) is 0 Å². The van der Waals surface area contributed by atoms with Gasteiger partial charge in [-0.25, -0.2) is 14.5 Å². The molecule has 7 nitrogen and oxygen atoms in total. The Hall–Kier alpha value is -3.00. The number of carbonyl (C=O) groups excluding carboxylic acids is 4. The van der Waals surface area contributed by atoms with E-state index in [4.69, 9.17) is 9.47 Å². The van der Waals surface area contributed by atoms with E-state index in [-0.39, 0.29) is 17.8 Å². The number of benzene rings is 2. The number of methoxy groups -OCH3 is 1. The van der Waals surface area contributed by atoms with Crippen molar-refractivity contribution in [1.82, 2.24) is 4.90 Å². The maximum atomic E-state index is 13.4. The molecule has 1 aliphatic rings. The van der Waals surface area contributed by atoms with Gasteiger partial charge in [-0.1, -0.05) is 46.3 Å². The Labute approximate surface area is 194 Å². The fourth-order valence-electron chi connectivity index (χ4n) is 3.59. The van der Waals surface area contributed by atoms with E-state index in [0.717, 1.165) is 12.0 Å². The van der Waals surface area contributed by atoms with Gasteiger partial charge in [0.1, 0.15) is 5.60 Å². The highest BCUT2D eigenvalue weighted by molar-refractivity contribution is 9.10. The van der Waals surface area contributed by atoms with Crippen molar-refractivity contribution < 1.29 is 28.7 Å². The number of Topliss-reactive ketones (excluding diaryl/α,β-unsaturated/α-hetero) is 1. The number of halogens is 1. The van der Waals surface area contributed by atoms with Crippen LogP contribution >= 0.6 is 15.9 Å². The lowest BCUT2D eigenvalue weighted by molar-refractivity contribution is -0.148. The number of esters is 1. The standard InChI is InChI=1S/C24H24BrNO6/c1-23(2,3)32-22(30)26(20(28)15-9-6-5-7-10-15)24(21(29)31-4)14-18(24)19(27)16-11-8-12-17(25)13-16/h5-13,18H,14H2,1-4H3. The van der Waals surface area contributed by atoms with Crippen molar-refractivity contribution in [2.75, 3.05) is 7.11 Å². The first-order valence-electron chi connectivity index (χ1n) is 10.0. The number of carbonyl (C=O) groups is 4. The Kier molecular flexibility index (Phi) is 6.55. The quantitative estimate of drug-likeness (QED) is 0.437. The van der Waals surface area contributed by atoms with Crippen molar-refractivity contribution in [3.63, 3.8) is 0 Å². The fraction of sp³-hybridized carbons (Fsp3) is 0.333. The SMILES string of the molecule is COC(=O)C1(N(C(=O)OC(C)(C)C)C(=O)c2ccccc2)CC1C(=O)c1cccc(Br)c1. The van der Waals surface area contributed by atoms with Crippen LogP contribution in [0.5, 0.6) is 0 Å². The molecule has 2 aromatic carbocycles. The molecule has 0 spiro atoms. The molecule has 8 heteroatoms. The third kappa shape index (κ3) is 4.60. The van der Waals surface area contributed by atoms with Crippen LogP contribution in [-0.2, 0) is 14.3 Å². The topological polar surface area (TPSA) is 90.0 Å². The van der Waals surface area contributed by atoms with E-state index in [1.54, 1.807) is 63.2 Å². The lowest BCUT2D eigenvalue weighted by Gasteiger charge is -2.31. The number of ketones is 1. The third-order valence-corrected chi connectivity index (χ3v) is 5.59. The zero-order valence-electron chi connectivity index (χ0n) is 18.3. The summed E-state index contributed by atoms with van der Waals surface area (Å²) in [5.74, 6) is -2.91. The molecule has 0 N–H and O–H groups in total. The molecule has 2 amide bonds. The molecule has 1 aliphatic carbocycles. The maximum absolute atomic E-state index is 13.4. The number of imide groups is 1. The first kappa shape index (κ1) is 23.7. The first-order valence-corrected chi connectivity index (χ1v) is 10.8. The summed E-state index contributed by atoms with van der Waals surface area (Å²) in [6, 6.07) is 14.8. The number of ether oxygens (including phenoxy) is 2. The lowest BCUT2D eigenvalue weighted by atomic mass is 10.0. The minimum Gasteiger partial charge on any atom is -0.467 e. The Morgan fingerprint density at radius 2 is 1.62 bits per heavy atom. The lowest BCUT2D eigenvalue weighted by Crippen LogP contribution is -2.54. The molecule has 0 heterocycles. The van der Waals surface area contributed by atoms with Gasteiger partial charge in [0, 0.05) is 15.6 Å². The fourth-order valence-corrected chi connectivity index (χ4v) is 3.99. The summed E-state index contributed by atoms with van der Waals surface area (Å²) in [6.45, 7) is 4.95. The minimum atomic E-state index is -1.79. The van der Waals surface area contributed by atoms with Gasteiger partial charge in [0.2, 0.25) is 0 Å². The molecule has 3 rings (SSSR count). The van der Waals surface area contributed by atoms with Crippen LogP contribution in [0.25, 0.3) is 0 Å². The first-order chi connectivity index (χ1) is 15.0. The highest BCUT2D eigenvalue weighted by Crippen LogP contribution is 2.52. The monoisotopic (exact) mass is 501 g/mol. The summed E-state index contributed by atoms with van der Waals surface area (Å²) < 4.78 is 11.1. The molecule has 2 aromatic rings. The highest BCUT2D eigenvalue weighted by Gasteiger charge is 2.71. The average molecular weight is 502 g/mol. The van der Waals surface area contributed by atoms with Crippen LogP contribution in [0.15, 0.2) is 59.1 Å². The molecule has 0 bridgehead atoms. The molecular formula is C24H24BrNO6. The zero-order valence-corrected chi connectivity index (χ0v) is 19.8. The van der Waals surface area contributed by atoms with Gasteiger partial charge in [-0.2, -0.15) is 0 Å². The van der Waals surface area contributed by atoms with Crippen LogP contribution < -0.4 is 0 Å². The van der Waals surface area contributed by atoms with Crippen molar-refractivity contribution >= 4 is 39.7 Å². The van der Waals surface area contributed by atoms with E-state index in [9.17, 15) is 19.2 Å². The number of hydrogen-bond acceptors (Lipinski definition) is 6. The molecule has 32 heavy (non-hydrogen) atoms. The summed E-state index contributed by atoms with van der Waals surface area (Å²) in [5.41, 5.74) is -2.18. The Morgan fingerprint density at radius 3 is 2.19 bits per heavy atom. The number of amides is 2. The van der Waals surface area contributed by atoms with Gasteiger partial charge >= 0.3 is 12.1 Å². The molecule has 0 radical (unpaired) electrons. The smallest absolute Gasteiger partial charge is 0.418 e. The van der Waals surface area contributed by atoms with Gasteiger partial charge in [-0.05, 0) is 51.5 Å². The van der Waals surface area contributed by atoms with E-state index in [2.05, 4.69) is 15.9 Å². The molecule has 1 saturated carbocycles. The van der Waals surface area contributed by atoms with Gasteiger partial charge in [-0.15, -0.1) is 0 Å². The highest BCUT2D eigenvalue weighted by atomic mass is 79.9. The minimum absolute atomic E-state index is 0.0527. The molecule has 2 atom stereocenters.